The van der Waals surface area contributed by atoms with E-state index >= 15 is 0 Å². The molecule has 0 radical (unpaired) electrons. The maximum atomic E-state index is 10.9. The lowest BCUT2D eigenvalue weighted by Crippen LogP contribution is -2.27. The highest BCUT2D eigenvalue weighted by Gasteiger charge is 2.05. The SMILES string of the molecule is CONC(=O)Nc1ncc(OC)s1. The first-order valence-corrected chi connectivity index (χ1v) is 4.17. The third-order valence-corrected chi connectivity index (χ3v) is 1.97. The normalized spacial score (nSPS) is 9.38. The van der Waals surface area contributed by atoms with Crippen LogP contribution in [0, 0.1) is 0 Å². The highest BCUT2D eigenvalue weighted by Crippen LogP contribution is 2.24. The van der Waals surface area contributed by atoms with Crippen molar-refractivity contribution in [2.45, 2.75) is 0 Å². The number of rotatable bonds is 3. The Morgan fingerprint density at radius 3 is 2.92 bits per heavy atom. The molecule has 0 saturated heterocycles. The van der Waals surface area contributed by atoms with Crippen molar-refractivity contribution in [3.63, 3.8) is 0 Å². The molecule has 7 heteroatoms. The first kappa shape index (κ1) is 9.75. The van der Waals surface area contributed by atoms with Gasteiger partial charge < -0.3 is 4.74 Å². The second-order valence-corrected chi connectivity index (χ2v) is 2.94. The first-order valence-electron chi connectivity index (χ1n) is 3.36. The molecule has 13 heavy (non-hydrogen) atoms. The molecule has 1 rings (SSSR count). The number of urea groups is 1. The van der Waals surface area contributed by atoms with E-state index < -0.39 is 6.03 Å². The quantitative estimate of drug-likeness (QED) is 0.714. The standard InChI is InChI=1S/C6H9N3O3S/c1-11-4-3-7-6(13-4)8-5(10)9-12-2/h3H,1-2H3,(H2,7,8,9,10). The maximum Gasteiger partial charge on any atom is 0.344 e. The molecule has 1 heterocycles. The summed E-state index contributed by atoms with van der Waals surface area (Å²) in [5.41, 5.74) is 2.10. The minimum atomic E-state index is -0.473. The van der Waals surface area contributed by atoms with Crippen molar-refractivity contribution in [1.82, 2.24) is 10.5 Å². The van der Waals surface area contributed by atoms with Gasteiger partial charge in [0.15, 0.2) is 10.2 Å². The van der Waals surface area contributed by atoms with Crippen molar-refractivity contribution in [2.75, 3.05) is 19.5 Å². The van der Waals surface area contributed by atoms with Crippen LogP contribution >= 0.6 is 11.3 Å². The number of anilines is 1. The molecule has 0 aliphatic carbocycles. The average Bonchev–Trinajstić information content (AvgIpc) is 2.52. The van der Waals surface area contributed by atoms with Crippen LogP contribution in [0.3, 0.4) is 0 Å². The average molecular weight is 203 g/mol. The summed E-state index contributed by atoms with van der Waals surface area (Å²) in [5.74, 6) is 0. The van der Waals surface area contributed by atoms with Crippen LogP contribution in [-0.2, 0) is 4.84 Å². The highest BCUT2D eigenvalue weighted by molar-refractivity contribution is 7.17. The lowest BCUT2D eigenvalue weighted by atomic mass is 10.9. The summed E-state index contributed by atoms with van der Waals surface area (Å²) in [7, 11) is 2.88. The number of nitrogens with zero attached hydrogens (tertiary/aromatic N) is 1. The largest absolute Gasteiger partial charge is 0.486 e. The van der Waals surface area contributed by atoms with Gasteiger partial charge in [-0.2, -0.15) is 0 Å². The van der Waals surface area contributed by atoms with Crippen molar-refractivity contribution < 1.29 is 14.4 Å². The number of amides is 2. The van der Waals surface area contributed by atoms with Gasteiger partial charge in [-0.1, -0.05) is 11.3 Å². The molecule has 6 nitrogen and oxygen atoms in total. The van der Waals surface area contributed by atoms with E-state index in [4.69, 9.17) is 4.74 Å². The van der Waals surface area contributed by atoms with E-state index in [2.05, 4.69) is 20.6 Å². The van der Waals surface area contributed by atoms with Crippen LogP contribution < -0.4 is 15.5 Å². The van der Waals surface area contributed by atoms with E-state index in [1.165, 1.54) is 31.8 Å². The third kappa shape index (κ3) is 2.88. The van der Waals surface area contributed by atoms with Crippen molar-refractivity contribution >= 4 is 22.5 Å². The lowest BCUT2D eigenvalue weighted by molar-refractivity contribution is 0.114. The van der Waals surface area contributed by atoms with E-state index in [-0.39, 0.29) is 0 Å². The number of hydrogen-bond acceptors (Lipinski definition) is 5. The molecule has 0 atom stereocenters. The molecular weight excluding hydrogens is 194 g/mol. The van der Waals surface area contributed by atoms with Gasteiger partial charge in [-0.25, -0.2) is 15.3 Å². The molecular formula is C6H9N3O3S. The molecule has 1 aromatic heterocycles. The van der Waals surface area contributed by atoms with E-state index in [0.717, 1.165) is 0 Å². The second kappa shape index (κ2) is 4.63. The van der Waals surface area contributed by atoms with Gasteiger partial charge in [-0.3, -0.25) is 10.2 Å². The van der Waals surface area contributed by atoms with Crippen molar-refractivity contribution in [3.8, 4) is 5.06 Å². The number of thiazole rings is 1. The Hall–Kier alpha value is -1.34. The molecule has 0 aliphatic rings. The summed E-state index contributed by atoms with van der Waals surface area (Å²) in [4.78, 5) is 19.2. The lowest BCUT2D eigenvalue weighted by Gasteiger charge is -2.00. The Labute approximate surface area is 78.8 Å². The second-order valence-electron chi connectivity index (χ2n) is 1.95. The zero-order chi connectivity index (χ0) is 9.68. The molecule has 1 aromatic rings. The molecule has 2 N–H and O–H groups in total. The van der Waals surface area contributed by atoms with Gasteiger partial charge in [0.25, 0.3) is 0 Å². The van der Waals surface area contributed by atoms with Crippen molar-refractivity contribution in [3.05, 3.63) is 6.20 Å². The van der Waals surface area contributed by atoms with Crippen LogP contribution in [0.15, 0.2) is 6.20 Å². The Morgan fingerprint density at radius 1 is 1.62 bits per heavy atom. The summed E-state index contributed by atoms with van der Waals surface area (Å²) < 4.78 is 4.89. The molecule has 72 valence electrons. The monoisotopic (exact) mass is 203 g/mol. The van der Waals surface area contributed by atoms with Crippen LogP contribution in [0.4, 0.5) is 9.93 Å². The zero-order valence-corrected chi connectivity index (χ0v) is 7.97. The van der Waals surface area contributed by atoms with Gasteiger partial charge >= 0.3 is 6.03 Å². The number of hydroxylamine groups is 1. The predicted molar refractivity (Wildman–Crippen MR) is 47.8 cm³/mol. The van der Waals surface area contributed by atoms with Crippen LogP contribution in [0.5, 0.6) is 5.06 Å². The summed E-state index contributed by atoms with van der Waals surface area (Å²) in [6.07, 6.45) is 1.52. The third-order valence-electron chi connectivity index (χ3n) is 1.10. The summed E-state index contributed by atoms with van der Waals surface area (Å²) in [5, 5.41) is 3.53. The van der Waals surface area contributed by atoms with E-state index in [1.54, 1.807) is 0 Å². The number of aromatic nitrogens is 1. The van der Waals surface area contributed by atoms with Gasteiger partial charge in [0.05, 0.1) is 20.4 Å². The van der Waals surface area contributed by atoms with Gasteiger partial charge in [0, 0.05) is 0 Å². The fourth-order valence-electron chi connectivity index (χ4n) is 0.627. The topological polar surface area (TPSA) is 72.5 Å². The summed E-state index contributed by atoms with van der Waals surface area (Å²) in [6.45, 7) is 0. The Kier molecular flexibility index (Phi) is 3.47. The summed E-state index contributed by atoms with van der Waals surface area (Å²) >= 11 is 1.23. The number of methoxy groups -OCH3 is 1. The number of hydrogen-bond donors (Lipinski definition) is 2. The van der Waals surface area contributed by atoms with E-state index in [9.17, 15) is 4.79 Å². The van der Waals surface area contributed by atoms with Crippen LogP contribution in [0.1, 0.15) is 0 Å². The van der Waals surface area contributed by atoms with Crippen molar-refractivity contribution in [2.24, 2.45) is 0 Å². The van der Waals surface area contributed by atoms with Gasteiger partial charge in [-0.05, 0) is 0 Å². The minimum Gasteiger partial charge on any atom is -0.486 e. The Bertz CT molecular complexity index is 288. The zero-order valence-electron chi connectivity index (χ0n) is 7.16. The smallest absolute Gasteiger partial charge is 0.344 e. The molecule has 0 spiro atoms. The Morgan fingerprint density at radius 2 is 2.38 bits per heavy atom. The summed E-state index contributed by atoms with van der Waals surface area (Å²) in [6, 6.07) is -0.473. The fraction of sp³-hybridized carbons (Fsp3) is 0.333. The molecule has 2 amide bonds. The number of nitrogens with one attached hydrogen (secondary N) is 2. The van der Waals surface area contributed by atoms with E-state index in [1.807, 2.05) is 0 Å². The van der Waals surface area contributed by atoms with Gasteiger partial charge in [0.2, 0.25) is 0 Å². The molecule has 0 saturated carbocycles. The molecule has 0 bridgehead atoms. The minimum absolute atomic E-state index is 0.450. The first-order chi connectivity index (χ1) is 6.26. The van der Waals surface area contributed by atoms with Crippen molar-refractivity contribution in [1.29, 1.82) is 0 Å². The van der Waals surface area contributed by atoms with Crippen LogP contribution in [0.2, 0.25) is 0 Å². The van der Waals surface area contributed by atoms with E-state index in [0.29, 0.717) is 10.2 Å². The molecule has 0 fully saturated rings. The Balaban J connectivity index is 2.49. The van der Waals surface area contributed by atoms with Gasteiger partial charge in [-0.15, -0.1) is 0 Å². The molecule has 0 aromatic carbocycles. The molecule has 0 unspecified atom stereocenters. The van der Waals surface area contributed by atoms with Gasteiger partial charge in [0.1, 0.15) is 0 Å². The number of carbonyl (C=O) groups is 1. The predicted octanol–water partition coefficient (Wildman–Crippen LogP) is 0.835. The number of ether oxygens (including phenoxy) is 1. The fourth-order valence-corrected chi connectivity index (χ4v) is 1.26. The highest BCUT2D eigenvalue weighted by atomic mass is 32.1. The van der Waals surface area contributed by atoms with Crippen LogP contribution in [0.25, 0.3) is 0 Å². The number of carbonyl (C=O) groups excluding carboxylic acids is 1. The van der Waals surface area contributed by atoms with Crippen LogP contribution in [-0.4, -0.2) is 25.2 Å². The molecule has 0 aliphatic heterocycles. The maximum absolute atomic E-state index is 10.9.